The third-order valence-corrected chi connectivity index (χ3v) is 4.57. The molecule has 1 aromatic carbocycles. The number of rotatable bonds is 4. The van der Waals surface area contributed by atoms with Gasteiger partial charge in [-0.1, -0.05) is 12.1 Å². The van der Waals surface area contributed by atoms with E-state index in [1.165, 1.54) is 5.69 Å². The summed E-state index contributed by atoms with van der Waals surface area (Å²) < 4.78 is 7.14. The number of fused-ring (bicyclic) bond motifs is 1. The molecule has 1 aromatic heterocycles. The standard InChI is InChI=1S/C18H24N4O2/c1-21(12-13-6-4-7-14(10-13)24-3)18(23)20-16-8-5-9-17-15(16)11-19-22(17)2/h4,6-7,10-11,16H,5,8-9,12H2,1-3H3,(H,20,23). The van der Waals surface area contributed by atoms with Crippen LogP contribution in [0.5, 0.6) is 5.75 Å². The van der Waals surface area contributed by atoms with Gasteiger partial charge >= 0.3 is 6.03 Å². The summed E-state index contributed by atoms with van der Waals surface area (Å²) >= 11 is 0. The van der Waals surface area contributed by atoms with Crippen molar-refractivity contribution < 1.29 is 9.53 Å². The van der Waals surface area contributed by atoms with E-state index >= 15 is 0 Å². The summed E-state index contributed by atoms with van der Waals surface area (Å²) in [5.41, 5.74) is 3.41. The van der Waals surface area contributed by atoms with Crippen LogP contribution in [0.15, 0.2) is 30.5 Å². The van der Waals surface area contributed by atoms with Crippen molar-refractivity contribution in [3.8, 4) is 5.75 Å². The van der Waals surface area contributed by atoms with Gasteiger partial charge in [0.25, 0.3) is 0 Å². The molecule has 2 amide bonds. The van der Waals surface area contributed by atoms with Gasteiger partial charge in [-0.2, -0.15) is 5.10 Å². The van der Waals surface area contributed by atoms with Gasteiger partial charge in [-0.05, 0) is 37.0 Å². The van der Waals surface area contributed by atoms with E-state index in [1.54, 1.807) is 12.0 Å². The van der Waals surface area contributed by atoms with Crippen LogP contribution in [-0.4, -0.2) is 34.9 Å². The van der Waals surface area contributed by atoms with Gasteiger partial charge in [0.1, 0.15) is 5.75 Å². The zero-order valence-corrected chi connectivity index (χ0v) is 14.5. The Hall–Kier alpha value is -2.50. The lowest BCUT2D eigenvalue weighted by Gasteiger charge is -2.26. The van der Waals surface area contributed by atoms with Crippen molar-refractivity contribution in [2.75, 3.05) is 14.2 Å². The fourth-order valence-electron chi connectivity index (χ4n) is 3.23. The highest BCUT2D eigenvalue weighted by atomic mass is 16.5. The van der Waals surface area contributed by atoms with Crippen LogP contribution < -0.4 is 10.1 Å². The highest BCUT2D eigenvalue weighted by molar-refractivity contribution is 5.74. The minimum atomic E-state index is -0.0699. The molecule has 1 aliphatic carbocycles. The summed E-state index contributed by atoms with van der Waals surface area (Å²) in [6.07, 6.45) is 4.92. The van der Waals surface area contributed by atoms with Crippen LogP contribution in [0.3, 0.4) is 0 Å². The summed E-state index contributed by atoms with van der Waals surface area (Å²) in [7, 11) is 5.41. The largest absolute Gasteiger partial charge is 0.497 e. The Morgan fingerprint density at radius 3 is 3.12 bits per heavy atom. The lowest BCUT2D eigenvalue weighted by atomic mass is 9.93. The molecular weight excluding hydrogens is 304 g/mol. The highest BCUT2D eigenvalue weighted by Gasteiger charge is 2.25. The van der Waals surface area contributed by atoms with E-state index in [9.17, 15) is 4.79 Å². The molecule has 128 valence electrons. The monoisotopic (exact) mass is 328 g/mol. The van der Waals surface area contributed by atoms with Crippen molar-refractivity contribution in [3.05, 3.63) is 47.3 Å². The average molecular weight is 328 g/mol. The first kappa shape index (κ1) is 16.4. The fourth-order valence-corrected chi connectivity index (χ4v) is 3.23. The zero-order valence-electron chi connectivity index (χ0n) is 14.5. The Morgan fingerprint density at radius 2 is 2.33 bits per heavy atom. The SMILES string of the molecule is COc1cccc(CN(C)C(=O)NC2CCCc3c2cnn3C)c1. The molecule has 1 heterocycles. The molecule has 1 unspecified atom stereocenters. The predicted octanol–water partition coefficient (Wildman–Crippen LogP) is 2.65. The quantitative estimate of drug-likeness (QED) is 0.938. The molecule has 1 aliphatic rings. The second-order valence-corrected chi connectivity index (χ2v) is 6.27. The van der Waals surface area contributed by atoms with Gasteiger partial charge in [0.05, 0.1) is 19.3 Å². The maximum atomic E-state index is 12.5. The van der Waals surface area contributed by atoms with Crippen LogP contribution in [0.4, 0.5) is 4.79 Å². The number of nitrogens with zero attached hydrogens (tertiary/aromatic N) is 3. The molecule has 0 fully saturated rings. The normalized spacial score (nSPS) is 16.4. The number of nitrogens with one attached hydrogen (secondary N) is 1. The summed E-state index contributed by atoms with van der Waals surface area (Å²) in [5.74, 6) is 0.800. The van der Waals surface area contributed by atoms with Gasteiger partial charge in [0.2, 0.25) is 0 Å². The molecule has 0 bridgehead atoms. The van der Waals surface area contributed by atoms with Gasteiger partial charge in [-0.3, -0.25) is 4.68 Å². The number of aromatic nitrogens is 2. The number of aryl methyl sites for hydroxylation is 1. The van der Waals surface area contributed by atoms with E-state index in [2.05, 4.69) is 10.4 Å². The maximum Gasteiger partial charge on any atom is 0.317 e. The van der Waals surface area contributed by atoms with Crippen molar-refractivity contribution in [1.29, 1.82) is 0 Å². The summed E-state index contributed by atoms with van der Waals surface area (Å²) in [4.78, 5) is 14.2. The molecule has 0 radical (unpaired) electrons. The molecule has 6 nitrogen and oxygen atoms in total. The van der Waals surface area contributed by atoms with Crippen LogP contribution in [0, 0.1) is 0 Å². The van der Waals surface area contributed by atoms with Gasteiger partial charge in [0, 0.05) is 31.9 Å². The first-order valence-electron chi connectivity index (χ1n) is 8.24. The van der Waals surface area contributed by atoms with Crippen LogP contribution in [0.1, 0.15) is 35.7 Å². The molecule has 0 aliphatic heterocycles. The number of urea groups is 1. The van der Waals surface area contributed by atoms with Crippen LogP contribution in [-0.2, 0) is 20.0 Å². The first-order valence-corrected chi connectivity index (χ1v) is 8.24. The van der Waals surface area contributed by atoms with Gasteiger partial charge in [-0.25, -0.2) is 4.79 Å². The third kappa shape index (κ3) is 3.37. The van der Waals surface area contributed by atoms with E-state index in [4.69, 9.17) is 4.74 Å². The molecule has 24 heavy (non-hydrogen) atoms. The molecule has 0 saturated heterocycles. The second kappa shape index (κ2) is 6.95. The molecule has 1 atom stereocenters. The number of benzene rings is 1. The Labute approximate surface area is 142 Å². The lowest BCUT2D eigenvalue weighted by molar-refractivity contribution is 0.201. The molecule has 1 N–H and O–H groups in total. The minimum Gasteiger partial charge on any atom is -0.497 e. The highest BCUT2D eigenvalue weighted by Crippen LogP contribution is 2.29. The summed E-state index contributed by atoms with van der Waals surface area (Å²) in [5, 5.41) is 7.46. The van der Waals surface area contributed by atoms with E-state index in [1.807, 2.05) is 49.2 Å². The Bertz CT molecular complexity index is 726. The zero-order chi connectivity index (χ0) is 17.1. The van der Waals surface area contributed by atoms with E-state index < -0.39 is 0 Å². The third-order valence-electron chi connectivity index (χ3n) is 4.57. The van der Waals surface area contributed by atoms with Crippen LogP contribution >= 0.6 is 0 Å². The second-order valence-electron chi connectivity index (χ2n) is 6.27. The molecule has 6 heteroatoms. The minimum absolute atomic E-state index is 0.0442. The van der Waals surface area contributed by atoms with Crippen molar-refractivity contribution >= 4 is 6.03 Å². The Kier molecular flexibility index (Phi) is 4.74. The average Bonchev–Trinajstić information content (AvgIpc) is 2.97. The molecule has 0 saturated carbocycles. The van der Waals surface area contributed by atoms with Gasteiger partial charge in [-0.15, -0.1) is 0 Å². The number of hydrogen-bond donors (Lipinski definition) is 1. The lowest BCUT2D eigenvalue weighted by Crippen LogP contribution is -2.39. The molecule has 0 spiro atoms. The van der Waals surface area contributed by atoms with Crippen LogP contribution in [0.25, 0.3) is 0 Å². The Morgan fingerprint density at radius 1 is 1.50 bits per heavy atom. The Balaban J connectivity index is 1.64. The number of amides is 2. The molecular formula is C18H24N4O2. The topological polar surface area (TPSA) is 59.4 Å². The van der Waals surface area contributed by atoms with Gasteiger partial charge < -0.3 is 15.0 Å². The first-order chi connectivity index (χ1) is 11.6. The van der Waals surface area contributed by atoms with E-state index in [-0.39, 0.29) is 12.1 Å². The molecule has 2 aromatic rings. The number of methoxy groups -OCH3 is 1. The number of ether oxygens (including phenoxy) is 1. The predicted molar refractivity (Wildman–Crippen MR) is 91.9 cm³/mol. The smallest absolute Gasteiger partial charge is 0.317 e. The molecule has 3 rings (SSSR count). The maximum absolute atomic E-state index is 12.5. The number of hydrogen-bond acceptors (Lipinski definition) is 3. The van der Waals surface area contributed by atoms with Crippen molar-refractivity contribution in [2.24, 2.45) is 7.05 Å². The van der Waals surface area contributed by atoms with Crippen molar-refractivity contribution in [3.63, 3.8) is 0 Å². The number of carbonyl (C=O) groups is 1. The van der Waals surface area contributed by atoms with Crippen LogP contribution in [0.2, 0.25) is 0 Å². The fraction of sp³-hybridized carbons (Fsp3) is 0.444. The van der Waals surface area contributed by atoms with E-state index in [0.29, 0.717) is 6.54 Å². The summed E-state index contributed by atoms with van der Waals surface area (Å²) in [6, 6.07) is 7.75. The van der Waals surface area contributed by atoms with Crippen molar-refractivity contribution in [2.45, 2.75) is 31.8 Å². The summed E-state index contributed by atoms with van der Waals surface area (Å²) in [6.45, 7) is 0.537. The van der Waals surface area contributed by atoms with E-state index in [0.717, 1.165) is 36.1 Å². The number of carbonyl (C=O) groups excluding carboxylic acids is 1. The van der Waals surface area contributed by atoms with Gasteiger partial charge in [0.15, 0.2) is 0 Å². The van der Waals surface area contributed by atoms with Crippen molar-refractivity contribution in [1.82, 2.24) is 20.0 Å².